The van der Waals surface area contributed by atoms with Crippen LogP contribution < -0.4 is 5.43 Å². The number of ether oxygens (including phenoxy) is 1. The second-order valence-corrected chi connectivity index (χ2v) is 4.98. The Kier molecular flexibility index (Phi) is 3.19. The van der Waals surface area contributed by atoms with Crippen LogP contribution in [0.5, 0.6) is 0 Å². The summed E-state index contributed by atoms with van der Waals surface area (Å²) in [5.74, 6) is 0.720. The first-order chi connectivity index (χ1) is 8.37. The van der Waals surface area contributed by atoms with E-state index in [1.807, 2.05) is 6.08 Å². The van der Waals surface area contributed by atoms with Crippen molar-refractivity contribution in [2.75, 3.05) is 13.2 Å². The smallest absolute Gasteiger partial charge is 0.137 e. The van der Waals surface area contributed by atoms with Gasteiger partial charge in [-0.3, -0.25) is 5.01 Å². The molecule has 0 unspecified atom stereocenters. The monoisotopic (exact) mass is 250 g/mol. The van der Waals surface area contributed by atoms with E-state index in [4.69, 9.17) is 4.74 Å². The van der Waals surface area contributed by atoms with Crippen molar-refractivity contribution in [1.29, 1.82) is 0 Å². The maximum absolute atomic E-state index is 9.59. The van der Waals surface area contributed by atoms with E-state index >= 15 is 0 Å². The van der Waals surface area contributed by atoms with Crippen molar-refractivity contribution in [2.24, 2.45) is 0 Å². The highest BCUT2D eigenvalue weighted by molar-refractivity contribution is 5.43. The minimum absolute atomic E-state index is 0.0684. The molecule has 0 amide bonds. The van der Waals surface area contributed by atoms with E-state index < -0.39 is 5.60 Å². The van der Waals surface area contributed by atoms with Crippen molar-refractivity contribution in [2.45, 2.75) is 19.4 Å². The Hall–Kier alpha value is -1.72. The molecule has 0 atom stereocenters. The van der Waals surface area contributed by atoms with Crippen LogP contribution in [0, 0.1) is 0 Å². The summed E-state index contributed by atoms with van der Waals surface area (Å²) in [5.41, 5.74) is 3.85. The molecule has 0 aromatic heterocycles. The molecule has 0 radical (unpaired) electrons. The molecule has 0 bridgehead atoms. The Morgan fingerprint density at radius 1 is 1.56 bits per heavy atom. The molecule has 5 heteroatoms. The Balaban J connectivity index is 2.07. The molecule has 0 spiro atoms. The lowest BCUT2D eigenvalue weighted by Crippen LogP contribution is -2.29. The number of hydrogen-bond donors (Lipinski definition) is 3. The van der Waals surface area contributed by atoms with Crippen LogP contribution >= 0.6 is 0 Å². The summed E-state index contributed by atoms with van der Waals surface area (Å²) in [4.78, 5) is 0. The van der Waals surface area contributed by atoms with Crippen LogP contribution in [0.25, 0.3) is 0 Å². The second kappa shape index (κ2) is 4.51. The largest absolute Gasteiger partial charge is 0.508 e. The van der Waals surface area contributed by atoms with E-state index in [2.05, 4.69) is 12.0 Å². The zero-order chi connectivity index (χ0) is 13.3. The lowest BCUT2D eigenvalue weighted by Gasteiger charge is -2.23. The number of hydrogen-bond acceptors (Lipinski definition) is 5. The van der Waals surface area contributed by atoms with Gasteiger partial charge in [0.05, 0.1) is 17.5 Å². The molecule has 5 nitrogen and oxygen atoms in total. The van der Waals surface area contributed by atoms with Crippen LogP contribution in [0.4, 0.5) is 0 Å². The first-order valence-electron chi connectivity index (χ1n) is 5.76. The highest BCUT2D eigenvalue weighted by Gasteiger charge is 2.24. The average Bonchev–Trinajstić information content (AvgIpc) is 2.68. The molecule has 18 heavy (non-hydrogen) atoms. The lowest BCUT2D eigenvalue weighted by molar-refractivity contribution is 0.00453. The number of aliphatic hydroxyl groups excluding tert-OH is 1. The standard InChI is InChI=1S/C13H18N2O3/c1-9(16)11-6-14-15-7-10(4-5-12(11)15)18-8-13(2,3)17/h4-5,7,14,16-17H,1,6,8H2,2-3H3. The van der Waals surface area contributed by atoms with E-state index in [-0.39, 0.29) is 12.4 Å². The predicted molar refractivity (Wildman–Crippen MR) is 68.1 cm³/mol. The summed E-state index contributed by atoms with van der Waals surface area (Å²) in [6, 6.07) is 0. The number of fused-ring (bicyclic) bond motifs is 1. The van der Waals surface area contributed by atoms with Crippen LogP contribution in [0.2, 0.25) is 0 Å². The van der Waals surface area contributed by atoms with Gasteiger partial charge < -0.3 is 14.9 Å². The first kappa shape index (κ1) is 12.7. The van der Waals surface area contributed by atoms with Crippen molar-refractivity contribution in [3.8, 4) is 0 Å². The number of nitrogens with one attached hydrogen (secondary N) is 1. The molecular weight excluding hydrogens is 232 g/mol. The van der Waals surface area contributed by atoms with Crippen LogP contribution in [0.3, 0.4) is 0 Å². The maximum atomic E-state index is 9.59. The predicted octanol–water partition coefficient (Wildman–Crippen LogP) is 1.33. The molecule has 98 valence electrons. The Morgan fingerprint density at radius 3 is 2.89 bits per heavy atom. The highest BCUT2D eigenvalue weighted by Crippen LogP contribution is 2.26. The normalized spacial score (nSPS) is 18.8. The summed E-state index contributed by atoms with van der Waals surface area (Å²) < 4.78 is 5.49. The summed E-state index contributed by atoms with van der Waals surface area (Å²) in [5, 5.41) is 20.8. The summed E-state index contributed by atoms with van der Waals surface area (Å²) >= 11 is 0. The van der Waals surface area contributed by atoms with Gasteiger partial charge in [0.25, 0.3) is 0 Å². The van der Waals surface area contributed by atoms with Gasteiger partial charge in [0.1, 0.15) is 18.1 Å². The van der Waals surface area contributed by atoms with Crippen molar-refractivity contribution >= 4 is 0 Å². The van der Waals surface area contributed by atoms with Gasteiger partial charge >= 0.3 is 0 Å². The van der Waals surface area contributed by atoms with E-state index in [0.29, 0.717) is 12.3 Å². The Labute approximate surface area is 106 Å². The van der Waals surface area contributed by atoms with Crippen LogP contribution in [0.1, 0.15) is 13.8 Å². The molecule has 0 saturated carbocycles. The fourth-order valence-corrected chi connectivity index (χ4v) is 1.71. The molecule has 0 aromatic carbocycles. The van der Waals surface area contributed by atoms with E-state index in [1.54, 1.807) is 31.1 Å². The van der Waals surface area contributed by atoms with Gasteiger partial charge in [-0.1, -0.05) is 6.58 Å². The first-order valence-corrected chi connectivity index (χ1v) is 5.76. The van der Waals surface area contributed by atoms with Gasteiger partial charge in [0.2, 0.25) is 0 Å². The van der Waals surface area contributed by atoms with Gasteiger partial charge in [-0.25, -0.2) is 5.43 Å². The quantitative estimate of drug-likeness (QED) is 0.657. The highest BCUT2D eigenvalue weighted by atomic mass is 16.5. The van der Waals surface area contributed by atoms with E-state index in [1.165, 1.54) is 0 Å². The van der Waals surface area contributed by atoms with Crippen molar-refractivity contribution < 1.29 is 14.9 Å². The number of aliphatic hydroxyl groups is 2. The molecule has 0 fully saturated rings. The topological polar surface area (TPSA) is 65.0 Å². The lowest BCUT2D eigenvalue weighted by atomic mass is 10.1. The molecular formula is C13H18N2O3. The van der Waals surface area contributed by atoms with Gasteiger partial charge in [-0.15, -0.1) is 0 Å². The van der Waals surface area contributed by atoms with Crippen molar-refractivity contribution in [3.05, 3.63) is 47.7 Å². The van der Waals surface area contributed by atoms with E-state index in [9.17, 15) is 10.2 Å². The van der Waals surface area contributed by atoms with Gasteiger partial charge in [0, 0.05) is 12.1 Å². The van der Waals surface area contributed by atoms with E-state index in [0.717, 1.165) is 11.3 Å². The Morgan fingerprint density at radius 2 is 2.28 bits per heavy atom. The number of nitrogens with zero attached hydrogens (tertiary/aromatic N) is 1. The summed E-state index contributed by atoms with van der Waals surface area (Å²) in [6.45, 7) is 7.65. The molecule has 2 heterocycles. The average molecular weight is 250 g/mol. The number of allylic oxidation sites excluding steroid dienone is 2. The SMILES string of the molecule is C=C(O)C1=C2C=CC(OCC(C)(C)O)=CN2NC1. The Bertz CT molecular complexity index is 455. The third-order valence-corrected chi connectivity index (χ3v) is 2.60. The summed E-state index contributed by atoms with van der Waals surface area (Å²) in [6.07, 6.45) is 5.42. The van der Waals surface area contributed by atoms with Gasteiger partial charge in [-0.2, -0.15) is 0 Å². The van der Waals surface area contributed by atoms with Crippen molar-refractivity contribution in [3.63, 3.8) is 0 Å². The maximum Gasteiger partial charge on any atom is 0.137 e. The summed E-state index contributed by atoms with van der Waals surface area (Å²) in [7, 11) is 0. The molecule has 2 aliphatic heterocycles. The van der Waals surface area contributed by atoms with Crippen LogP contribution in [-0.2, 0) is 4.74 Å². The van der Waals surface area contributed by atoms with Crippen LogP contribution in [0.15, 0.2) is 47.7 Å². The zero-order valence-corrected chi connectivity index (χ0v) is 10.6. The number of hydrazine groups is 1. The molecule has 0 aliphatic carbocycles. The second-order valence-electron chi connectivity index (χ2n) is 4.98. The molecule has 0 aromatic rings. The third-order valence-electron chi connectivity index (χ3n) is 2.60. The molecule has 2 aliphatic rings. The fourth-order valence-electron chi connectivity index (χ4n) is 1.71. The molecule has 2 rings (SSSR count). The molecule has 0 saturated heterocycles. The minimum atomic E-state index is -0.867. The molecule has 3 N–H and O–H groups in total. The van der Waals surface area contributed by atoms with Crippen molar-refractivity contribution in [1.82, 2.24) is 10.4 Å². The van der Waals surface area contributed by atoms with Gasteiger partial charge in [-0.05, 0) is 26.0 Å². The fraction of sp³-hybridized carbons (Fsp3) is 0.385. The minimum Gasteiger partial charge on any atom is -0.508 e. The zero-order valence-electron chi connectivity index (χ0n) is 10.6. The number of rotatable bonds is 4. The third kappa shape index (κ3) is 2.75. The van der Waals surface area contributed by atoms with Crippen LogP contribution in [-0.4, -0.2) is 34.0 Å². The van der Waals surface area contributed by atoms with Gasteiger partial charge in [0.15, 0.2) is 0 Å².